The summed E-state index contributed by atoms with van der Waals surface area (Å²) in [5, 5.41) is 24.5. The smallest absolute Gasteiger partial charge is 0.269 e. The Morgan fingerprint density at radius 3 is 2.57 bits per heavy atom. The fourth-order valence-corrected chi connectivity index (χ4v) is 2.72. The Kier molecular flexibility index (Phi) is 3.80. The molecule has 0 bridgehead atoms. The third-order valence-corrected chi connectivity index (χ3v) is 3.87. The molecule has 1 aromatic heterocycles. The minimum atomic E-state index is -0.454. The molecule has 0 aliphatic carbocycles. The van der Waals surface area contributed by atoms with Crippen LogP contribution in [0.5, 0.6) is 0 Å². The Balaban J connectivity index is 1.94. The maximum atomic E-state index is 10.7. The lowest BCUT2D eigenvalue weighted by Crippen LogP contribution is -2.05. The zero-order chi connectivity index (χ0) is 16.4. The van der Waals surface area contributed by atoms with E-state index in [1.807, 2.05) is 42.1 Å². The predicted molar refractivity (Wildman–Crippen MR) is 88.0 cm³/mol. The highest BCUT2D eigenvalue weighted by atomic mass is 16.6. The molecular weight excluding hydrogens is 294 g/mol. The van der Waals surface area contributed by atoms with Crippen LogP contribution in [0.2, 0.25) is 0 Å². The summed E-state index contributed by atoms with van der Waals surface area (Å²) in [7, 11) is 1.97. The second kappa shape index (κ2) is 5.92. The average Bonchev–Trinajstić information content (AvgIpc) is 2.89. The third kappa shape index (κ3) is 2.78. The first kappa shape index (κ1) is 14.8. The van der Waals surface area contributed by atoms with Gasteiger partial charge in [0.15, 0.2) is 0 Å². The quantitative estimate of drug-likeness (QED) is 0.346. The third-order valence-electron chi connectivity index (χ3n) is 3.87. The van der Waals surface area contributed by atoms with Crippen molar-refractivity contribution in [2.75, 3.05) is 0 Å². The van der Waals surface area contributed by atoms with Gasteiger partial charge < -0.3 is 9.77 Å². The topological polar surface area (TPSA) is 80.7 Å². The standard InChI is InChI=1S/C17H15N3O3/c1-19-11-13(15-4-2-3-5-17(15)19)10-16(18-21)12-6-8-14(9-7-12)20(22)23/h2-9,11,21H,10H2,1H3/b18-16+. The van der Waals surface area contributed by atoms with Crippen molar-refractivity contribution in [1.29, 1.82) is 0 Å². The number of aromatic nitrogens is 1. The van der Waals surface area contributed by atoms with Crippen LogP contribution in [-0.4, -0.2) is 20.4 Å². The molecule has 2 aromatic carbocycles. The van der Waals surface area contributed by atoms with Crippen molar-refractivity contribution in [1.82, 2.24) is 4.57 Å². The van der Waals surface area contributed by atoms with E-state index in [-0.39, 0.29) is 5.69 Å². The maximum absolute atomic E-state index is 10.7. The van der Waals surface area contributed by atoms with E-state index in [1.54, 1.807) is 12.1 Å². The molecule has 1 heterocycles. The Morgan fingerprint density at radius 2 is 1.91 bits per heavy atom. The number of hydrogen-bond acceptors (Lipinski definition) is 4. The summed E-state index contributed by atoms with van der Waals surface area (Å²) in [5.74, 6) is 0. The Bertz CT molecular complexity index is 895. The zero-order valence-electron chi connectivity index (χ0n) is 12.5. The highest BCUT2D eigenvalue weighted by Gasteiger charge is 2.13. The van der Waals surface area contributed by atoms with E-state index in [4.69, 9.17) is 0 Å². The number of non-ortho nitro benzene ring substituents is 1. The first-order valence-corrected chi connectivity index (χ1v) is 7.09. The molecule has 0 fully saturated rings. The summed E-state index contributed by atoms with van der Waals surface area (Å²) in [5.41, 5.74) is 3.27. The minimum Gasteiger partial charge on any atom is -0.411 e. The van der Waals surface area contributed by atoms with E-state index in [2.05, 4.69) is 5.16 Å². The Hall–Kier alpha value is -3.15. The summed E-state index contributed by atoms with van der Waals surface area (Å²) < 4.78 is 2.02. The SMILES string of the molecule is Cn1cc(C/C(=N\O)c2ccc([N+](=O)[O-])cc2)c2ccccc21. The van der Waals surface area contributed by atoms with Gasteiger partial charge in [-0.25, -0.2) is 0 Å². The van der Waals surface area contributed by atoms with Crippen LogP contribution < -0.4 is 0 Å². The number of nitro benzene ring substituents is 1. The number of aryl methyl sites for hydroxylation is 1. The van der Waals surface area contributed by atoms with E-state index in [9.17, 15) is 15.3 Å². The number of nitro groups is 1. The number of fused-ring (bicyclic) bond motifs is 1. The second-order valence-electron chi connectivity index (χ2n) is 5.31. The van der Waals surface area contributed by atoms with E-state index in [1.165, 1.54) is 12.1 Å². The fourth-order valence-electron chi connectivity index (χ4n) is 2.72. The van der Waals surface area contributed by atoms with Gasteiger partial charge in [0, 0.05) is 48.3 Å². The summed E-state index contributed by atoms with van der Waals surface area (Å²) >= 11 is 0. The molecular formula is C17H15N3O3. The van der Waals surface area contributed by atoms with Crippen LogP contribution in [0.25, 0.3) is 10.9 Å². The van der Waals surface area contributed by atoms with Gasteiger partial charge >= 0.3 is 0 Å². The van der Waals surface area contributed by atoms with Gasteiger partial charge in [-0.2, -0.15) is 0 Å². The van der Waals surface area contributed by atoms with E-state index >= 15 is 0 Å². The van der Waals surface area contributed by atoms with Crippen molar-refractivity contribution in [3.8, 4) is 0 Å². The number of para-hydroxylation sites is 1. The van der Waals surface area contributed by atoms with E-state index < -0.39 is 4.92 Å². The van der Waals surface area contributed by atoms with Crippen LogP contribution in [0, 0.1) is 10.1 Å². The molecule has 0 atom stereocenters. The van der Waals surface area contributed by atoms with Crippen molar-refractivity contribution < 1.29 is 10.1 Å². The lowest BCUT2D eigenvalue weighted by atomic mass is 10.0. The molecule has 0 amide bonds. The zero-order valence-corrected chi connectivity index (χ0v) is 12.5. The van der Waals surface area contributed by atoms with E-state index in [0.29, 0.717) is 17.7 Å². The lowest BCUT2D eigenvalue weighted by molar-refractivity contribution is -0.384. The molecule has 0 saturated carbocycles. The lowest BCUT2D eigenvalue weighted by Gasteiger charge is -2.04. The van der Waals surface area contributed by atoms with E-state index in [0.717, 1.165) is 16.5 Å². The highest BCUT2D eigenvalue weighted by Crippen LogP contribution is 2.22. The van der Waals surface area contributed by atoms with Crippen LogP contribution in [0.4, 0.5) is 5.69 Å². The van der Waals surface area contributed by atoms with Crippen LogP contribution >= 0.6 is 0 Å². The first-order valence-electron chi connectivity index (χ1n) is 7.09. The highest BCUT2D eigenvalue weighted by molar-refractivity contribution is 6.03. The summed E-state index contributed by atoms with van der Waals surface area (Å²) in [6.45, 7) is 0. The maximum Gasteiger partial charge on any atom is 0.269 e. The molecule has 0 aliphatic heterocycles. The van der Waals surface area contributed by atoms with Crippen LogP contribution in [0.1, 0.15) is 11.1 Å². The number of hydrogen-bond donors (Lipinski definition) is 1. The van der Waals surface area contributed by atoms with Gasteiger partial charge in [0.25, 0.3) is 5.69 Å². The van der Waals surface area contributed by atoms with Crippen LogP contribution in [0.3, 0.4) is 0 Å². The molecule has 3 aromatic rings. The Labute approximate surface area is 132 Å². The summed E-state index contributed by atoms with van der Waals surface area (Å²) in [4.78, 5) is 10.3. The molecule has 116 valence electrons. The van der Waals surface area contributed by atoms with Gasteiger partial charge in [-0.15, -0.1) is 0 Å². The van der Waals surface area contributed by atoms with Crippen molar-refractivity contribution in [3.05, 3.63) is 76.0 Å². The van der Waals surface area contributed by atoms with Crippen molar-refractivity contribution in [2.24, 2.45) is 12.2 Å². The van der Waals surface area contributed by atoms with Crippen molar-refractivity contribution in [2.45, 2.75) is 6.42 Å². The minimum absolute atomic E-state index is 0.0104. The predicted octanol–water partition coefficient (Wildman–Crippen LogP) is 3.51. The van der Waals surface area contributed by atoms with Gasteiger partial charge in [-0.05, 0) is 23.8 Å². The van der Waals surface area contributed by atoms with Crippen molar-refractivity contribution >= 4 is 22.3 Å². The number of rotatable bonds is 4. The molecule has 0 spiro atoms. The molecule has 3 rings (SSSR count). The van der Waals surface area contributed by atoms with Gasteiger partial charge in [0.2, 0.25) is 0 Å². The molecule has 0 aliphatic rings. The van der Waals surface area contributed by atoms with Crippen LogP contribution in [0.15, 0.2) is 59.9 Å². The summed E-state index contributed by atoms with van der Waals surface area (Å²) in [6, 6.07) is 14.0. The normalized spacial score (nSPS) is 11.8. The van der Waals surface area contributed by atoms with Gasteiger partial charge in [0.05, 0.1) is 10.6 Å². The first-order chi connectivity index (χ1) is 11.1. The molecule has 23 heavy (non-hydrogen) atoms. The number of nitrogens with zero attached hydrogens (tertiary/aromatic N) is 3. The largest absolute Gasteiger partial charge is 0.411 e. The molecule has 0 saturated heterocycles. The monoisotopic (exact) mass is 309 g/mol. The average molecular weight is 309 g/mol. The molecule has 6 nitrogen and oxygen atoms in total. The fraction of sp³-hybridized carbons (Fsp3) is 0.118. The number of oxime groups is 1. The second-order valence-corrected chi connectivity index (χ2v) is 5.31. The van der Waals surface area contributed by atoms with Gasteiger partial charge in [-0.3, -0.25) is 10.1 Å². The molecule has 0 unspecified atom stereocenters. The summed E-state index contributed by atoms with van der Waals surface area (Å²) in [6.07, 6.45) is 2.44. The van der Waals surface area contributed by atoms with Gasteiger partial charge in [0.1, 0.15) is 0 Å². The van der Waals surface area contributed by atoms with Crippen LogP contribution in [-0.2, 0) is 13.5 Å². The van der Waals surface area contributed by atoms with Crippen molar-refractivity contribution in [3.63, 3.8) is 0 Å². The Morgan fingerprint density at radius 1 is 1.22 bits per heavy atom. The molecule has 0 radical (unpaired) electrons. The molecule has 6 heteroatoms. The van der Waals surface area contributed by atoms with Gasteiger partial charge in [-0.1, -0.05) is 23.4 Å². The molecule has 1 N–H and O–H groups in total. The number of benzene rings is 2.